The largest absolute Gasteiger partial charge is 0.345 e. The molecule has 0 spiro atoms. The standard InChI is InChI=1S/C8H12O6/c9-7(13-11)5-3-1-2-4-6(5)8(10)14-12/h5-6,11-12H,1-4H2. The number of hydrogen-bond donors (Lipinski definition) is 2. The smallest absolute Gasteiger partial charge is 0.301 e. The third-order valence-electron chi connectivity index (χ3n) is 2.55. The van der Waals surface area contributed by atoms with Crippen LogP contribution in [0, 0.1) is 11.8 Å². The summed E-state index contributed by atoms with van der Waals surface area (Å²) in [5.41, 5.74) is 0. The Labute approximate surface area is 80.3 Å². The van der Waals surface area contributed by atoms with Crippen LogP contribution in [0.25, 0.3) is 0 Å². The molecule has 2 atom stereocenters. The molecule has 0 bridgehead atoms. The van der Waals surface area contributed by atoms with Crippen LogP contribution in [0.2, 0.25) is 0 Å². The van der Waals surface area contributed by atoms with Crippen LogP contribution in [0.4, 0.5) is 0 Å². The maximum Gasteiger partial charge on any atom is 0.345 e. The third-order valence-corrected chi connectivity index (χ3v) is 2.55. The fourth-order valence-electron chi connectivity index (χ4n) is 1.83. The van der Waals surface area contributed by atoms with Gasteiger partial charge in [-0.05, 0) is 12.8 Å². The molecule has 0 radical (unpaired) electrons. The summed E-state index contributed by atoms with van der Waals surface area (Å²) in [5.74, 6) is -3.12. The van der Waals surface area contributed by atoms with E-state index in [2.05, 4.69) is 9.78 Å². The van der Waals surface area contributed by atoms with Crippen molar-refractivity contribution in [1.29, 1.82) is 0 Å². The highest BCUT2D eigenvalue weighted by molar-refractivity contribution is 5.81. The highest BCUT2D eigenvalue weighted by Crippen LogP contribution is 2.31. The molecule has 6 nitrogen and oxygen atoms in total. The summed E-state index contributed by atoms with van der Waals surface area (Å²) in [4.78, 5) is 29.2. The van der Waals surface area contributed by atoms with Crippen molar-refractivity contribution in [2.24, 2.45) is 11.8 Å². The van der Waals surface area contributed by atoms with Crippen molar-refractivity contribution in [2.45, 2.75) is 25.7 Å². The second-order valence-corrected chi connectivity index (χ2v) is 3.32. The Kier molecular flexibility index (Phi) is 3.84. The van der Waals surface area contributed by atoms with Crippen molar-refractivity contribution in [3.05, 3.63) is 0 Å². The van der Waals surface area contributed by atoms with Crippen LogP contribution in [-0.2, 0) is 19.4 Å². The fourth-order valence-corrected chi connectivity index (χ4v) is 1.83. The second kappa shape index (κ2) is 4.92. The molecule has 0 heterocycles. The molecule has 1 fully saturated rings. The van der Waals surface area contributed by atoms with E-state index < -0.39 is 23.8 Å². The first-order valence-electron chi connectivity index (χ1n) is 4.41. The summed E-state index contributed by atoms with van der Waals surface area (Å²) >= 11 is 0. The summed E-state index contributed by atoms with van der Waals surface area (Å²) < 4.78 is 0. The van der Waals surface area contributed by atoms with Crippen molar-refractivity contribution in [3.8, 4) is 0 Å². The lowest BCUT2D eigenvalue weighted by molar-refractivity contribution is -0.252. The molecule has 1 aliphatic carbocycles. The molecule has 0 amide bonds. The molecule has 14 heavy (non-hydrogen) atoms. The average molecular weight is 204 g/mol. The summed E-state index contributed by atoms with van der Waals surface area (Å²) in [6.45, 7) is 0. The quantitative estimate of drug-likeness (QED) is 0.511. The molecule has 80 valence electrons. The van der Waals surface area contributed by atoms with Gasteiger partial charge in [0.15, 0.2) is 0 Å². The van der Waals surface area contributed by atoms with Crippen molar-refractivity contribution in [2.75, 3.05) is 0 Å². The van der Waals surface area contributed by atoms with Gasteiger partial charge in [0.05, 0.1) is 11.8 Å². The Morgan fingerprint density at radius 3 is 1.57 bits per heavy atom. The van der Waals surface area contributed by atoms with Crippen LogP contribution in [0.15, 0.2) is 0 Å². The molecule has 1 rings (SSSR count). The van der Waals surface area contributed by atoms with Gasteiger partial charge >= 0.3 is 11.9 Å². The molecule has 0 saturated heterocycles. The van der Waals surface area contributed by atoms with Gasteiger partial charge in [-0.25, -0.2) is 9.59 Å². The van der Waals surface area contributed by atoms with E-state index in [1.54, 1.807) is 0 Å². The van der Waals surface area contributed by atoms with Crippen LogP contribution in [-0.4, -0.2) is 22.5 Å². The summed E-state index contributed by atoms with van der Waals surface area (Å²) in [6, 6.07) is 0. The minimum atomic E-state index is -0.847. The topological polar surface area (TPSA) is 93.1 Å². The monoisotopic (exact) mass is 204 g/mol. The maximum atomic E-state index is 11.0. The summed E-state index contributed by atoms with van der Waals surface area (Å²) in [5, 5.41) is 16.4. The van der Waals surface area contributed by atoms with Crippen LogP contribution in [0.1, 0.15) is 25.7 Å². The number of carbonyl (C=O) groups excluding carboxylic acids is 2. The molecule has 0 aromatic heterocycles. The normalized spacial score (nSPS) is 26.7. The van der Waals surface area contributed by atoms with Crippen molar-refractivity contribution >= 4 is 11.9 Å². The van der Waals surface area contributed by atoms with Crippen LogP contribution in [0.3, 0.4) is 0 Å². The van der Waals surface area contributed by atoms with E-state index in [1.807, 2.05) is 0 Å². The Balaban J connectivity index is 2.68. The predicted molar refractivity (Wildman–Crippen MR) is 42.9 cm³/mol. The van der Waals surface area contributed by atoms with E-state index in [0.29, 0.717) is 12.8 Å². The van der Waals surface area contributed by atoms with Crippen molar-refractivity contribution < 1.29 is 29.9 Å². The highest BCUT2D eigenvalue weighted by atomic mass is 17.1. The molecule has 0 aliphatic heterocycles. The second-order valence-electron chi connectivity index (χ2n) is 3.32. The SMILES string of the molecule is O=C(OO)C1CCCCC1C(=O)OO. The first-order chi connectivity index (χ1) is 6.70. The molecular formula is C8H12O6. The first-order valence-corrected chi connectivity index (χ1v) is 4.41. The molecule has 1 saturated carbocycles. The lowest BCUT2D eigenvalue weighted by Gasteiger charge is -2.25. The number of hydrogen-bond acceptors (Lipinski definition) is 6. The zero-order valence-electron chi connectivity index (χ0n) is 7.51. The molecule has 2 N–H and O–H groups in total. The zero-order chi connectivity index (χ0) is 10.6. The molecule has 6 heteroatoms. The molecule has 0 aromatic carbocycles. The predicted octanol–water partition coefficient (Wildman–Crippen LogP) is 0.825. The van der Waals surface area contributed by atoms with E-state index in [1.165, 1.54) is 0 Å². The molecule has 1 aliphatic rings. The van der Waals surface area contributed by atoms with E-state index in [9.17, 15) is 9.59 Å². The van der Waals surface area contributed by atoms with Crippen LogP contribution in [0.5, 0.6) is 0 Å². The van der Waals surface area contributed by atoms with Gasteiger partial charge in [0, 0.05) is 0 Å². The fraction of sp³-hybridized carbons (Fsp3) is 0.750. The van der Waals surface area contributed by atoms with Gasteiger partial charge in [-0.2, -0.15) is 10.5 Å². The lowest BCUT2D eigenvalue weighted by Crippen LogP contribution is -2.34. The zero-order valence-corrected chi connectivity index (χ0v) is 7.51. The third kappa shape index (κ3) is 2.21. The Morgan fingerprint density at radius 1 is 0.929 bits per heavy atom. The highest BCUT2D eigenvalue weighted by Gasteiger charge is 2.38. The van der Waals surface area contributed by atoms with Crippen LogP contribution >= 0.6 is 0 Å². The molecule has 2 unspecified atom stereocenters. The van der Waals surface area contributed by atoms with Gasteiger partial charge in [0.1, 0.15) is 0 Å². The number of carbonyl (C=O) groups is 2. The van der Waals surface area contributed by atoms with Gasteiger partial charge in [-0.3, -0.25) is 0 Å². The first kappa shape index (κ1) is 10.9. The van der Waals surface area contributed by atoms with Gasteiger partial charge in [0.2, 0.25) is 0 Å². The van der Waals surface area contributed by atoms with Crippen LogP contribution < -0.4 is 0 Å². The van der Waals surface area contributed by atoms with E-state index >= 15 is 0 Å². The maximum absolute atomic E-state index is 11.0. The summed E-state index contributed by atoms with van der Waals surface area (Å²) in [7, 11) is 0. The average Bonchev–Trinajstić information content (AvgIpc) is 2.27. The van der Waals surface area contributed by atoms with Crippen molar-refractivity contribution in [3.63, 3.8) is 0 Å². The Bertz CT molecular complexity index is 202. The van der Waals surface area contributed by atoms with Gasteiger partial charge in [-0.15, -0.1) is 0 Å². The lowest BCUT2D eigenvalue weighted by atomic mass is 9.79. The van der Waals surface area contributed by atoms with E-state index in [0.717, 1.165) is 12.8 Å². The summed E-state index contributed by atoms with van der Waals surface area (Å²) in [6.07, 6.45) is 2.49. The molecule has 0 aromatic rings. The van der Waals surface area contributed by atoms with E-state index in [4.69, 9.17) is 10.5 Å². The Morgan fingerprint density at radius 2 is 1.29 bits per heavy atom. The minimum absolute atomic E-state index is 0.458. The number of rotatable bonds is 2. The van der Waals surface area contributed by atoms with E-state index in [-0.39, 0.29) is 0 Å². The van der Waals surface area contributed by atoms with Gasteiger partial charge in [0.25, 0.3) is 0 Å². The van der Waals surface area contributed by atoms with Crippen molar-refractivity contribution in [1.82, 2.24) is 0 Å². The minimum Gasteiger partial charge on any atom is -0.301 e. The van der Waals surface area contributed by atoms with Gasteiger partial charge in [-0.1, -0.05) is 12.8 Å². The Hall–Kier alpha value is -1.14. The molecular weight excluding hydrogens is 192 g/mol. The van der Waals surface area contributed by atoms with Gasteiger partial charge < -0.3 is 9.78 Å².